The van der Waals surface area contributed by atoms with E-state index in [4.69, 9.17) is 4.74 Å². The van der Waals surface area contributed by atoms with Gasteiger partial charge in [0, 0.05) is 30.8 Å². The number of benzene rings is 2. The van der Waals surface area contributed by atoms with Crippen molar-refractivity contribution >= 4 is 11.4 Å². The Bertz CT molecular complexity index is 1240. The van der Waals surface area contributed by atoms with Crippen LogP contribution < -0.4 is 4.74 Å². The molecular weight excluding hydrogens is 372 g/mol. The number of aryl methyl sites for hydroxylation is 3. The normalized spacial score (nSPS) is 13.4. The van der Waals surface area contributed by atoms with Gasteiger partial charge in [-0.2, -0.15) is 0 Å². The number of rotatable bonds is 4. The van der Waals surface area contributed by atoms with Crippen LogP contribution in [0.25, 0.3) is 28.0 Å². The maximum atomic E-state index is 12.9. The second-order valence-electron chi connectivity index (χ2n) is 8.17. The summed E-state index contributed by atoms with van der Waals surface area (Å²) in [5.74, 6) is 0.916. The van der Waals surface area contributed by atoms with Crippen LogP contribution in [0.4, 0.5) is 0 Å². The molecule has 0 atom stereocenters. The third-order valence-corrected chi connectivity index (χ3v) is 6.19. The van der Waals surface area contributed by atoms with E-state index in [9.17, 15) is 4.79 Å². The maximum Gasteiger partial charge on any atom is 0.177 e. The lowest BCUT2D eigenvalue weighted by Gasteiger charge is -2.09. The Hall–Kier alpha value is -3.27. The molecule has 2 aromatic carbocycles. The Morgan fingerprint density at radius 3 is 2.33 bits per heavy atom. The monoisotopic (exact) mass is 398 g/mol. The molecule has 0 amide bonds. The summed E-state index contributed by atoms with van der Waals surface area (Å²) in [7, 11) is 1.67. The van der Waals surface area contributed by atoms with Crippen LogP contribution in [0.15, 0.2) is 54.7 Å². The van der Waals surface area contributed by atoms with E-state index in [0.717, 1.165) is 48.4 Å². The van der Waals surface area contributed by atoms with Crippen molar-refractivity contribution in [3.63, 3.8) is 0 Å². The number of ketones is 1. The van der Waals surface area contributed by atoms with E-state index in [1.165, 1.54) is 28.0 Å². The maximum absolute atomic E-state index is 12.9. The summed E-state index contributed by atoms with van der Waals surface area (Å²) in [5, 5.41) is 0. The van der Waals surface area contributed by atoms with E-state index in [-0.39, 0.29) is 5.78 Å². The van der Waals surface area contributed by atoms with Gasteiger partial charge in [-0.05, 0) is 49.4 Å². The molecule has 5 rings (SSSR count). The summed E-state index contributed by atoms with van der Waals surface area (Å²) in [5.41, 5.74) is 8.99. The molecule has 1 aliphatic rings. The Kier molecular flexibility index (Phi) is 4.50. The summed E-state index contributed by atoms with van der Waals surface area (Å²) in [6, 6.07) is 16.7. The first kappa shape index (κ1) is 18.7. The van der Waals surface area contributed by atoms with Gasteiger partial charge in [-0.3, -0.25) is 9.20 Å². The number of methoxy groups -OCH3 is 1. The van der Waals surface area contributed by atoms with E-state index >= 15 is 0 Å². The molecule has 3 heterocycles. The number of hydrogen-bond donors (Lipinski definition) is 0. The zero-order valence-electron chi connectivity index (χ0n) is 17.7. The molecule has 2 aromatic heterocycles. The molecule has 30 heavy (non-hydrogen) atoms. The topological polar surface area (TPSA) is 35.6 Å². The first-order valence-corrected chi connectivity index (χ1v) is 10.6. The Morgan fingerprint density at radius 2 is 1.67 bits per heavy atom. The lowest BCUT2D eigenvalue weighted by molar-refractivity contribution is 0.101. The van der Waals surface area contributed by atoms with Crippen LogP contribution in [0.1, 0.15) is 41.4 Å². The van der Waals surface area contributed by atoms with Gasteiger partial charge in [0.2, 0.25) is 0 Å². The Balaban J connectivity index is 1.81. The standard InChI is InChI=1S/C26H26N2O2/c1-17-7-9-19(10-8-17)23-16-28-25(18(2)29)24(20-11-13-21(30-3)14-12-20)22-6-4-5-15-27(23)26(22)28/h7-14,16H,4-6,15H2,1-3H3. The first-order chi connectivity index (χ1) is 14.6. The molecule has 0 fully saturated rings. The number of aromatic nitrogens is 2. The highest BCUT2D eigenvalue weighted by Crippen LogP contribution is 2.40. The molecule has 0 radical (unpaired) electrons. The van der Waals surface area contributed by atoms with Crippen LogP contribution in [-0.4, -0.2) is 21.9 Å². The van der Waals surface area contributed by atoms with Gasteiger partial charge in [-0.25, -0.2) is 0 Å². The molecule has 0 bridgehead atoms. The molecule has 152 valence electrons. The summed E-state index contributed by atoms with van der Waals surface area (Å²) in [4.78, 5) is 12.9. The van der Waals surface area contributed by atoms with Gasteiger partial charge in [-0.1, -0.05) is 42.0 Å². The average molecular weight is 399 g/mol. The van der Waals surface area contributed by atoms with E-state index < -0.39 is 0 Å². The van der Waals surface area contributed by atoms with E-state index in [1.54, 1.807) is 14.0 Å². The Labute approximate surface area is 176 Å². The van der Waals surface area contributed by atoms with Crippen LogP contribution in [0.2, 0.25) is 0 Å². The smallest absolute Gasteiger partial charge is 0.177 e. The van der Waals surface area contributed by atoms with Crippen molar-refractivity contribution in [3.8, 4) is 28.1 Å². The van der Waals surface area contributed by atoms with Crippen molar-refractivity contribution in [1.29, 1.82) is 0 Å². The molecule has 4 nitrogen and oxygen atoms in total. The molecule has 0 saturated heterocycles. The van der Waals surface area contributed by atoms with Gasteiger partial charge in [0.05, 0.1) is 18.5 Å². The average Bonchev–Trinajstić information content (AvgIpc) is 3.17. The van der Waals surface area contributed by atoms with Crippen molar-refractivity contribution in [2.75, 3.05) is 7.11 Å². The highest BCUT2D eigenvalue weighted by Gasteiger charge is 2.28. The molecular formula is C26H26N2O2. The van der Waals surface area contributed by atoms with Gasteiger partial charge in [0.15, 0.2) is 5.78 Å². The number of carbonyl (C=O) groups is 1. The summed E-state index contributed by atoms with van der Waals surface area (Å²) < 4.78 is 9.88. The van der Waals surface area contributed by atoms with Crippen molar-refractivity contribution in [2.24, 2.45) is 0 Å². The molecule has 0 unspecified atom stereocenters. The van der Waals surface area contributed by atoms with Crippen LogP contribution >= 0.6 is 0 Å². The lowest BCUT2D eigenvalue weighted by Crippen LogP contribution is -2.00. The lowest BCUT2D eigenvalue weighted by atomic mass is 9.97. The minimum absolute atomic E-state index is 0.0928. The zero-order valence-corrected chi connectivity index (χ0v) is 17.7. The Morgan fingerprint density at radius 1 is 0.967 bits per heavy atom. The highest BCUT2D eigenvalue weighted by atomic mass is 16.5. The van der Waals surface area contributed by atoms with Gasteiger partial charge in [0.25, 0.3) is 0 Å². The highest BCUT2D eigenvalue weighted by molar-refractivity contribution is 6.03. The van der Waals surface area contributed by atoms with Gasteiger partial charge >= 0.3 is 0 Å². The van der Waals surface area contributed by atoms with Gasteiger partial charge in [0.1, 0.15) is 11.4 Å². The van der Waals surface area contributed by atoms with E-state index in [1.807, 2.05) is 12.1 Å². The SMILES string of the molecule is COc1ccc(-c2c3c4n(c(-c5ccc(C)cc5)cn4c2C(C)=O)CCCC3)cc1. The number of nitrogens with zero attached hydrogens (tertiary/aromatic N) is 2. The third kappa shape index (κ3) is 2.86. The zero-order chi connectivity index (χ0) is 20.8. The minimum Gasteiger partial charge on any atom is -0.497 e. The third-order valence-electron chi connectivity index (χ3n) is 6.19. The molecule has 4 aromatic rings. The number of carbonyl (C=O) groups excluding carboxylic acids is 1. The predicted octanol–water partition coefficient (Wildman–Crippen LogP) is 5.93. The molecule has 0 spiro atoms. The second-order valence-corrected chi connectivity index (χ2v) is 8.17. The predicted molar refractivity (Wildman–Crippen MR) is 120 cm³/mol. The quantitative estimate of drug-likeness (QED) is 0.399. The van der Waals surface area contributed by atoms with Gasteiger partial charge < -0.3 is 9.30 Å². The molecule has 4 heteroatoms. The fourth-order valence-electron chi connectivity index (χ4n) is 4.76. The summed E-state index contributed by atoms with van der Waals surface area (Å²) >= 11 is 0. The van der Waals surface area contributed by atoms with Crippen molar-refractivity contribution in [3.05, 3.63) is 71.5 Å². The fraction of sp³-hybridized carbons (Fsp3) is 0.269. The van der Waals surface area contributed by atoms with E-state index in [0.29, 0.717) is 0 Å². The number of hydrogen-bond acceptors (Lipinski definition) is 2. The number of ether oxygens (including phenoxy) is 1. The fourth-order valence-corrected chi connectivity index (χ4v) is 4.76. The van der Waals surface area contributed by atoms with Crippen molar-refractivity contribution < 1.29 is 9.53 Å². The molecule has 0 aliphatic carbocycles. The van der Waals surface area contributed by atoms with Crippen molar-refractivity contribution in [2.45, 2.75) is 39.7 Å². The second kappa shape index (κ2) is 7.21. The molecule has 1 aliphatic heterocycles. The summed E-state index contributed by atoms with van der Waals surface area (Å²) in [6.45, 7) is 4.75. The van der Waals surface area contributed by atoms with Crippen molar-refractivity contribution in [1.82, 2.24) is 8.97 Å². The molecule has 0 N–H and O–H groups in total. The summed E-state index contributed by atoms with van der Waals surface area (Å²) in [6.07, 6.45) is 5.39. The van der Waals surface area contributed by atoms with Crippen LogP contribution in [0, 0.1) is 6.92 Å². The number of imidazole rings is 1. The van der Waals surface area contributed by atoms with Crippen LogP contribution in [-0.2, 0) is 13.0 Å². The van der Waals surface area contributed by atoms with Crippen LogP contribution in [0.3, 0.4) is 0 Å². The van der Waals surface area contributed by atoms with Crippen LogP contribution in [0.5, 0.6) is 5.75 Å². The minimum atomic E-state index is 0.0928. The largest absolute Gasteiger partial charge is 0.497 e. The van der Waals surface area contributed by atoms with E-state index in [2.05, 4.69) is 58.5 Å². The first-order valence-electron chi connectivity index (χ1n) is 10.6. The molecule has 0 saturated carbocycles. The van der Waals surface area contributed by atoms with Gasteiger partial charge in [-0.15, -0.1) is 0 Å². The number of Topliss-reactive ketones (excluding diaryl/α,β-unsaturated/α-hetero) is 1.